The lowest BCUT2D eigenvalue weighted by atomic mass is 10.1. The third kappa shape index (κ3) is 3.75. The van der Waals surface area contributed by atoms with Crippen LogP contribution in [0.3, 0.4) is 0 Å². The molecule has 0 saturated carbocycles. The molecule has 0 bridgehead atoms. The fourth-order valence-corrected chi connectivity index (χ4v) is 2.80. The molecule has 1 amide bonds. The van der Waals surface area contributed by atoms with E-state index in [1.807, 2.05) is 31.1 Å². The number of carbonyl (C=O) groups is 1. The van der Waals surface area contributed by atoms with E-state index in [1.54, 1.807) is 17.5 Å². The van der Waals surface area contributed by atoms with Crippen molar-refractivity contribution < 1.29 is 9.53 Å². The van der Waals surface area contributed by atoms with Gasteiger partial charge in [0, 0.05) is 24.7 Å². The summed E-state index contributed by atoms with van der Waals surface area (Å²) in [5, 5.41) is 6.23. The summed E-state index contributed by atoms with van der Waals surface area (Å²) in [6.45, 7) is 8.40. The Hall–Kier alpha value is -0.980. The summed E-state index contributed by atoms with van der Waals surface area (Å²) < 4.78 is 5.44. The molecule has 106 valence electrons. The summed E-state index contributed by atoms with van der Waals surface area (Å²) in [6, 6.07) is 0. The van der Waals surface area contributed by atoms with Gasteiger partial charge in [0.25, 0.3) is 0 Å². The van der Waals surface area contributed by atoms with Gasteiger partial charge in [-0.3, -0.25) is 10.1 Å². The van der Waals surface area contributed by atoms with E-state index in [0.29, 0.717) is 26.2 Å². The Morgan fingerprint density at radius 1 is 1.68 bits per heavy atom. The third-order valence-electron chi connectivity index (χ3n) is 3.24. The maximum atomic E-state index is 12.2. The molecule has 1 unspecified atom stereocenters. The fourth-order valence-electron chi connectivity index (χ4n) is 2.06. The average molecular weight is 283 g/mol. The van der Waals surface area contributed by atoms with Crippen molar-refractivity contribution in [1.82, 2.24) is 15.2 Å². The van der Waals surface area contributed by atoms with E-state index < -0.39 is 0 Å². The van der Waals surface area contributed by atoms with Gasteiger partial charge in [0.05, 0.1) is 24.8 Å². The molecule has 1 aromatic rings. The number of hydrogen-bond acceptors (Lipinski definition) is 5. The van der Waals surface area contributed by atoms with Crippen LogP contribution >= 0.6 is 11.3 Å². The summed E-state index contributed by atoms with van der Waals surface area (Å²) in [4.78, 5) is 18.3. The molecule has 1 aliphatic rings. The standard InChI is InChI=1S/C13H21N3O2S/c1-10-9-16(5-6-18-10)11(17)8-15-13(2,3)12-14-4-7-19-12/h4,7,10,15H,5-6,8-9H2,1-3H3. The van der Waals surface area contributed by atoms with Crippen molar-refractivity contribution in [2.24, 2.45) is 0 Å². The smallest absolute Gasteiger partial charge is 0.236 e. The number of nitrogens with zero attached hydrogens (tertiary/aromatic N) is 2. The molecule has 6 heteroatoms. The monoisotopic (exact) mass is 283 g/mol. The Bertz CT molecular complexity index is 420. The normalized spacial score (nSPS) is 20.6. The predicted molar refractivity (Wildman–Crippen MR) is 75.1 cm³/mol. The van der Waals surface area contributed by atoms with Crippen LogP contribution in [0, 0.1) is 0 Å². The largest absolute Gasteiger partial charge is 0.375 e. The number of thiazole rings is 1. The number of aromatic nitrogens is 1. The molecule has 1 fully saturated rings. The molecule has 0 aromatic carbocycles. The Morgan fingerprint density at radius 3 is 3.11 bits per heavy atom. The molecule has 0 radical (unpaired) electrons. The second kappa shape index (κ2) is 5.98. The maximum absolute atomic E-state index is 12.2. The van der Waals surface area contributed by atoms with Crippen LogP contribution < -0.4 is 5.32 Å². The van der Waals surface area contributed by atoms with Gasteiger partial charge in [0.2, 0.25) is 5.91 Å². The van der Waals surface area contributed by atoms with Crippen LogP contribution in [0.5, 0.6) is 0 Å². The van der Waals surface area contributed by atoms with Crippen molar-refractivity contribution >= 4 is 17.2 Å². The van der Waals surface area contributed by atoms with Crippen LogP contribution in [0.15, 0.2) is 11.6 Å². The van der Waals surface area contributed by atoms with E-state index in [2.05, 4.69) is 10.3 Å². The van der Waals surface area contributed by atoms with Gasteiger partial charge in [0.15, 0.2) is 0 Å². The molecule has 2 heterocycles. The van der Waals surface area contributed by atoms with Crippen LogP contribution in [-0.2, 0) is 15.1 Å². The maximum Gasteiger partial charge on any atom is 0.236 e. The first-order chi connectivity index (χ1) is 8.99. The van der Waals surface area contributed by atoms with Crippen molar-refractivity contribution in [1.29, 1.82) is 0 Å². The zero-order valence-corrected chi connectivity index (χ0v) is 12.5. The van der Waals surface area contributed by atoms with Crippen LogP contribution in [-0.4, -0.2) is 48.1 Å². The lowest BCUT2D eigenvalue weighted by Gasteiger charge is -2.32. The molecule has 2 rings (SSSR count). The van der Waals surface area contributed by atoms with E-state index >= 15 is 0 Å². The quantitative estimate of drug-likeness (QED) is 0.902. The highest BCUT2D eigenvalue weighted by molar-refractivity contribution is 7.09. The minimum Gasteiger partial charge on any atom is -0.375 e. The van der Waals surface area contributed by atoms with Gasteiger partial charge in [-0.1, -0.05) is 0 Å². The van der Waals surface area contributed by atoms with Crippen LogP contribution in [0.4, 0.5) is 0 Å². The predicted octanol–water partition coefficient (Wildman–Crippen LogP) is 1.22. The van der Waals surface area contributed by atoms with E-state index in [-0.39, 0.29) is 17.6 Å². The van der Waals surface area contributed by atoms with Crippen LogP contribution in [0.25, 0.3) is 0 Å². The fraction of sp³-hybridized carbons (Fsp3) is 0.692. The zero-order chi connectivity index (χ0) is 13.9. The Labute approximate surface area is 118 Å². The summed E-state index contributed by atoms with van der Waals surface area (Å²) in [6.07, 6.45) is 1.92. The second-order valence-electron chi connectivity index (χ2n) is 5.34. The van der Waals surface area contributed by atoms with E-state index in [0.717, 1.165) is 5.01 Å². The number of ether oxygens (including phenoxy) is 1. The zero-order valence-electron chi connectivity index (χ0n) is 11.7. The van der Waals surface area contributed by atoms with Crippen molar-refractivity contribution in [3.05, 3.63) is 16.6 Å². The van der Waals surface area contributed by atoms with Gasteiger partial charge in [-0.25, -0.2) is 4.98 Å². The number of rotatable bonds is 4. The van der Waals surface area contributed by atoms with Crippen molar-refractivity contribution in [2.75, 3.05) is 26.2 Å². The first-order valence-electron chi connectivity index (χ1n) is 6.53. The van der Waals surface area contributed by atoms with Crippen LogP contribution in [0.1, 0.15) is 25.8 Å². The Balaban J connectivity index is 1.86. The molecule has 5 nitrogen and oxygen atoms in total. The van der Waals surface area contributed by atoms with E-state index in [1.165, 1.54) is 0 Å². The van der Waals surface area contributed by atoms with Gasteiger partial charge >= 0.3 is 0 Å². The molecule has 1 saturated heterocycles. The molecule has 1 aromatic heterocycles. The molecule has 1 aliphatic heterocycles. The lowest BCUT2D eigenvalue weighted by Crippen LogP contribution is -2.50. The number of morpholine rings is 1. The summed E-state index contributed by atoms with van der Waals surface area (Å²) in [7, 11) is 0. The van der Waals surface area contributed by atoms with E-state index in [4.69, 9.17) is 4.74 Å². The molecular formula is C13H21N3O2S. The van der Waals surface area contributed by atoms with Crippen molar-refractivity contribution in [3.63, 3.8) is 0 Å². The van der Waals surface area contributed by atoms with Gasteiger partial charge in [0.1, 0.15) is 5.01 Å². The summed E-state index contributed by atoms with van der Waals surface area (Å²) >= 11 is 1.60. The summed E-state index contributed by atoms with van der Waals surface area (Å²) in [5.41, 5.74) is -0.276. The molecule has 0 spiro atoms. The Morgan fingerprint density at radius 2 is 2.47 bits per heavy atom. The summed E-state index contributed by atoms with van der Waals surface area (Å²) in [5.74, 6) is 0.125. The average Bonchev–Trinajstić information content (AvgIpc) is 2.90. The first kappa shape index (κ1) is 14.4. The topological polar surface area (TPSA) is 54.5 Å². The number of amides is 1. The van der Waals surface area contributed by atoms with Gasteiger partial charge in [-0.15, -0.1) is 11.3 Å². The van der Waals surface area contributed by atoms with Crippen molar-refractivity contribution in [2.45, 2.75) is 32.4 Å². The minimum absolute atomic E-state index is 0.125. The molecule has 1 N–H and O–H groups in total. The molecule has 19 heavy (non-hydrogen) atoms. The second-order valence-corrected chi connectivity index (χ2v) is 6.23. The van der Waals surface area contributed by atoms with E-state index in [9.17, 15) is 4.79 Å². The highest BCUT2D eigenvalue weighted by Crippen LogP contribution is 2.21. The lowest BCUT2D eigenvalue weighted by molar-refractivity contribution is -0.137. The minimum atomic E-state index is -0.276. The highest BCUT2D eigenvalue weighted by Gasteiger charge is 2.26. The first-order valence-corrected chi connectivity index (χ1v) is 7.41. The van der Waals surface area contributed by atoms with Gasteiger partial charge in [-0.2, -0.15) is 0 Å². The number of carbonyl (C=O) groups excluding carboxylic acids is 1. The molecule has 0 aliphatic carbocycles. The molecule has 1 atom stereocenters. The third-order valence-corrected chi connectivity index (χ3v) is 4.34. The highest BCUT2D eigenvalue weighted by atomic mass is 32.1. The van der Waals surface area contributed by atoms with Crippen molar-refractivity contribution in [3.8, 4) is 0 Å². The number of nitrogens with one attached hydrogen (secondary N) is 1. The molecular weight excluding hydrogens is 262 g/mol. The SMILES string of the molecule is CC1CN(C(=O)CNC(C)(C)c2nccs2)CCO1. The number of hydrogen-bond donors (Lipinski definition) is 1. The van der Waals surface area contributed by atoms with Crippen LogP contribution in [0.2, 0.25) is 0 Å². The Kier molecular flexibility index (Phi) is 4.54. The van der Waals surface area contributed by atoms with Gasteiger partial charge < -0.3 is 9.64 Å². The van der Waals surface area contributed by atoms with Gasteiger partial charge in [-0.05, 0) is 20.8 Å².